The molecule has 1 saturated heterocycles. The number of nitrogens with two attached hydrogens (primary N) is 3. The van der Waals surface area contributed by atoms with Crippen LogP contribution in [-0.4, -0.2) is 78.3 Å². The Hall–Kier alpha value is -4.82. The Morgan fingerprint density at radius 1 is 1.04 bits per heavy atom. The van der Waals surface area contributed by atoms with Crippen LogP contribution in [0.2, 0.25) is 5.02 Å². The molecule has 0 bridgehead atoms. The number of aryl methyl sites for hydroxylation is 1. The summed E-state index contributed by atoms with van der Waals surface area (Å²) in [4.78, 5) is 31.3. The highest BCUT2D eigenvalue weighted by atomic mass is 35.5. The summed E-state index contributed by atoms with van der Waals surface area (Å²) in [7, 11) is 0. The third kappa shape index (κ3) is 13.0. The van der Waals surface area contributed by atoms with Crippen LogP contribution in [0.5, 0.6) is 5.75 Å². The van der Waals surface area contributed by atoms with Gasteiger partial charge in [-0.3, -0.25) is 24.8 Å². The number of nitrogens with zero attached hydrogens (tertiary/aromatic N) is 2. The number of unbranched alkanes of at least 4 members (excludes halogenated alkanes) is 4. The van der Waals surface area contributed by atoms with E-state index in [1.54, 1.807) is 12.1 Å². The van der Waals surface area contributed by atoms with Gasteiger partial charge in [0, 0.05) is 30.9 Å². The van der Waals surface area contributed by atoms with Crippen molar-refractivity contribution in [2.75, 3.05) is 50.9 Å². The first-order valence-corrected chi connectivity index (χ1v) is 18.3. The largest absolute Gasteiger partial charge is 0.506 e. The maximum Gasteiger partial charge on any atom is 0.260 e. The topological polar surface area (TPSA) is 208 Å². The lowest BCUT2D eigenvalue weighted by Crippen LogP contribution is -2.38. The van der Waals surface area contributed by atoms with Crippen molar-refractivity contribution in [3.05, 3.63) is 100.0 Å². The lowest BCUT2D eigenvalue weighted by Gasteiger charge is -2.28. The molecule has 2 atom stereocenters. The maximum atomic E-state index is 12.6. The summed E-state index contributed by atoms with van der Waals surface area (Å²) in [6, 6.07) is 19.8. The number of ketones is 1. The summed E-state index contributed by atoms with van der Waals surface area (Å²) >= 11 is 6.00. The van der Waals surface area contributed by atoms with Crippen LogP contribution in [0, 0.1) is 0 Å². The average molecular weight is 751 g/mol. The fourth-order valence-corrected chi connectivity index (χ4v) is 5.82. The van der Waals surface area contributed by atoms with E-state index in [-0.39, 0.29) is 46.8 Å². The van der Waals surface area contributed by atoms with E-state index in [9.17, 15) is 19.8 Å². The first kappa shape index (κ1) is 40.9. The second kappa shape index (κ2) is 21.0. The molecule has 1 unspecified atom stereocenters. The molecule has 3 aromatic carbocycles. The molecule has 1 aliphatic rings. The highest BCUT2D eigenvalue weighted by Crippen LogP contribution is 2.29. The van der Waals surface area contributed by atoms with Gasteiger partial charge in [-0.25, -0.2) is 0 Å². The minimum Gasteiger partial charge on any atom is -0.506 e. The Morgan fingerprint density at radius 3 is 2.53 bits per heavy atom. The molecule has 0 aromatic heterocycles. The molecule has 1 amide bonds. The third-order valence-corrected chi connectivity index (χ3v) is 8.96. The second-order valence-electron chi connectivity index (χ2n) is 12.8. The van der Waals surface area contributed by atoms with Gasteiger partial charge in [0.25, 0.3) is 5.91 Å². The summed E-state index contributed by atoms with van der Waals surface area (Å²) in [5.74, 6) is -1.10. The highest BCUT2D eigenvalue weighted by molar-refractivity contribution is 6.33. The maximum absolute atomic E-state index is 12.6. The lowest BCUT2D eigenvalue weighted by atomic mass is 10.1. The number of halogens is 1. The third-order valence-electron chi connectivity index (χ3n) is 8.63. The highest BCUT2D eigenvalue weighted by Gasteiger charge is 2.32. The van der Waals surface area contributed by atoms with Crippen molar-refractivity contribution in [1.29, 1.82) is 0 Å². The van der Waals surface area contributed by atoms with E-state index in [1.807, 2.05) is 47.4 Å². The average Bonchev–Trinajstić information content (AvgIpc) is 3.15. The van der Waals surface area contributed by atoms with Crippen molar-refractivity contribution in [3.63, 3.8) is 0 Å². The Bertz CT molecular complexity index is 1700. The zero-order chi connectivity index (χ0) is 38.2. The number of aliphatic hydroxyl groups is 2. The van der Waals surface area contributed by atoms with Gasteiger partial charge in [-0.05, 0) is 62.1 Å². The van der Waals surface area contributed by atoms with Crippen LogP contribution >= 0.6 is 11.6 Å². The van der Waals surface area contributed by atoms with Crippen LogP contribution < -0.4 is 27.3 Å². The van der Waals surface area contributed by atoms with Crippen molar-refractivity contribution < 1.29 is 34.0 Å². The predicted octanol–water partition coefficient (Wildman–Crippen LogP) is 5.28. The Labute approximate surface area is 315 Å². The molecule has 53 heavy (non-hydrogen) atoms. The van der Waals surface area contributed by atoms with Gasteiger partial charge in [0.1, 0.15) is 25.1 Å². The Morgan fingerprint density at radius 2 is 1.79 bits per heavy atom. The number of aliphatic imine (C=N–C) groups is 1. The molecule has 13 nitrogen and oxygen atoms in total. The summed E-state index contributed by atoms with van der Waals surface area (Å²) in [5.41, 5.74) is 20.0. The smallest absolute Gasteiger partial charge is 0.260 e. The summed E-state index contributed by atoms with van der Waals surface area (Å²) in [6.07, 6.45) is 4.44. The monoisotopic (exact) mass is 750 g/mol. The fraction of sp³-hybridized carbons (Fsp3) is 0.410. The number of nitrogens with one attached hydrogen (secondary N) is 1. The van der Waals surface area contributed by atoms with Crippen LogP contribution in [0.3, 0.4) is 0 Å². The quantitative estimate of drug-likeness (QED) is 0.0232. The van der Waals surface area contributed by atoms with Crippen LogP contribution in [0.4, 0.5) is 11.4 Å². The number of carbonyl (C=O) groups excluding carboxylic acids is 2. The molecule has 0 aliphatic carbocycles. The molecular formula is C39H51ClN6O7. The van der Waals surface area contributed by atoms with Gasteiger partial charge in [-0.2, -0.15) is 0 Å². The summed E-state index contributed by atoms with van der Waals surface area (Å²) in [6.45, 7) is 3.99. The van der Waals surface area contributed by atoms with E-state index >= 15 is 0 Å². The number of hydrogen-bond donors (Lipinski definition) is 6. The number of guanidine groups is 1. The fourth-order valence-electron chi connectivity index (χ4n) is 5.65. The van der Waals surface area contributed by atoms with E-state index < -0.39 is 29.8 Å². The molecule has 9 N–H and O–H groups in total. The van der Waals surface area contributed by atoms with E-state index in [0.29, 0.717) is 31.8 Å². The molecule has 1 heterocycles. The minimum atomic E-state index is -1.33. The zero-order valence-electron chi connectivity index (χ0n) is 30.1. The van der Waals surface area contributed by atoms with Crippen LogP contribution in [0.15, 0.2) is 83.2 Å². The molecule has 4 rings (SSSR count). The molecule has 286 valence electrons. The van der Waals surface area contributed by atoms with E-state index in [2.05, 4.69) is 17.2 Å². The van der Waals surface area contributed by atoms with Crippen molar-refractivity contribution >= 4 is 40.6 Å². The van der Waals surface area contributed by atoms with Gasteiger partial charge in [0.2, 0.25) is 17.8 Å². The number of hydrogen-bond acceptors (Lipinski definition) is 11. The van der Waals surface area contributed by atoms with Crippen molar-refractivity contribution in [2.24, 2.45) is 10.7 Å². The van der Waals surface area contributed by atoms with Crippen LogP contribution in [0.1, 0.15) is 73.2 Å². The molecule has 0 radical (unpaired) electrons. The first-order chi connectivity index (χ1) is 25.5. The van der Waals surface area contributed by atoms with Gasteiger partial charge in [-0.15, -0.1) is 0 Å². The standard InChI is InChI=1S/C39H51ClN6O7/c1-2-3-4-10-19-46(24-33(47)35(49)36-34(48)25-52-38(53-36)27-12-6-5-7-13-27)20-21-51-28-16-14-26(15-17-28)11-8-9-18-44-39(43)45-37(50)29-22-30(40)32(42)23-31(29)41/h5-7,12-17,22-23,33,38,47,49H,2-4,8-11,18-21,24-25,41-42H2,1H3,(H3,43,44,45,50)/b36-35+/t33-,38?/m0/s1. The van der Waals surface area contributed by atoms with Crippen molar-refractivity contribution in [2.45, 2.75) is 64.3 Å². The van der Waals surface area contributed by atoms with Crippen LogP contribution in [0.25, 0.3) is 0 Å². The van der Waals surface area contributed by atoms with Crippen LogP contribution in [-0.2, 0) is 20.7 Å². The van der Waals surface area contributed by atoms with Gasteiger partial charge >= 0.3 is 0 Å². The second-order valence-corrected chi connectivity index (χ2v) is 13.2. The van der Waals surface area contributed by atoms with Gasteiger partial charge in [0.15, 0.2) is 11.7 Å². The summed E-state index contributed by atoms with van der Waals surface area (Å²) in [5, 5.41) is 24.6. The molecule has 1 fully saturated rings. The Balaban J connectivity index is 1.22. The molecule has 3 aromatic rings. The minimum absolute atomic E-state index is 0.00729. The summed E-state index contributed by atoms with van der Waals surface area (Å²) < 4.78 is 17.3. The van der Waals surface area contributed by atoms with E-state index in [0.717, 1.165) is 56.3 Å². The first-order valence-electron chi connectivity index (χ1n) is 17.9. The zero-order valence-corrected chi connectivity index (χ0v) is 30.9. The molecule has 0 spiro atoms. The van der Waals surface area contributed by atoms with Gasteiger partial charge in [0.05, 0.1) is 16.3 Å². The predicted molar refractivity (Wildman–Crippen MR) is 207 cm³/mol. The molecule has 1 aliphatic heterocycles. The SMILES string of the molecule is CCCCCCN(CCOc1ccc(CCCCN=C(N)NC(=O)c2cc(Cl)c(N)cc2N)cc1)C[C@H](O)/C(O)=C1\OC(c2ccccc2)OCC1=O. The number of benzene rings is 3. The lowest BCUT2D eigenvalue weighted by molar-refractivity contribution is -0.172. The number of Topliss-reactive ketones (excluding diaryl/α,β-unsaturated/α-hetero) is 1. The van der Waals surface area contributed by atoms with Crippen molar-refractivity contribution in [3.8, 4) is 5.75 Å². The molecule has 14 heteroatoms. The Kier molecular flexibility index (Phi) is 16.2. The number of aliphatic hydroxyl groups excluding tert-OH is 2. The van der Waals surface area contributed by atoms with E-state index in [1.165, 1.54) is 12.1 Å². The van der Waals surface area contributed by atoms with E-state index in [4.69, 9.17) is 43.0 Å². The number of anilines is 2. The van der Waals surface area contributed by atoms with Crippen molar-refractivity contribution in [1.82, 2.24) is 10.2 Å². The number of ether oxygens (including phenoxy) is 3. The van der Waals surface area contributed by atoms with Gasteiger partial charge < -0.3 is 41.6 Å². The molecule has 0 saturated carbocycles. The number of amides is 1. The molecular weight excluding hydrogens is 700 g/mol. The number of rotatable bonds is 19. The normalized spacial score (nSPS) is 16.3. The number of nitrogen functional groups attached to an aromatic ring is 2. The number of carbonyl (C=O) groups is 2. The van der Waals surface area contributed by atoms with Gasteiger partial charge in [-0.1, -0.05) is 80.3 Å².